The minimum absolute atomic E-state index is 0.0810. The molecule has 0 aromatic rings. The number of carbonyl (C=O) groups excluding carboxylic acids is 1. The molecule has 1 rings (SSSR count). The van der Waals surface area contributed by atoms with Crippen LogP contribution in [0.25, 0.3) is 0 Å². The summed E-state index contributed by atoms with van der Waals surface area (Å²) < 4.78 is 5.12. The average Bonchev–Trinajstić information content (AvgIpc) is 2.44. The summed E-state index contributed by atoms with van der Waals surface area (Å²) in [5.41, 5.74) is 0. The first kappa shape index (κ1) is 16.8. The van der Waals surface area contributed by atoms with Crippen molar-refractivity contribution in [3.63, 3.8) is 0 Å². The number of likely N-dealkylation sites (tertiary alicyclic amines) is 1. The topological polar surface area (TPSA) is 78.9 Å². The minimum Gasteiger partial charge on any atom is -0.480 e. The van der Waals surface area contributed by atoms with E-state index in [-0.39, 0.29) is 11.9 Å². The molecular weight excluding hydrogens is 260 g/mol. The van der Waals surface area contributed by atoms with Crippen LogP contribution in [0.4, 0.5) is 4.79 Å². The van der Waals surface area contributed by atoms with Crippen molar-refractivity contribution in [1.29, 1.82) is 0 Å². The molecule has 2 atom stereocenters. The van der Waals surface area contributed by atoms with Crippen molar-refractivity contribution in [3.05, 3.63) is 0 Å². The molecule has 0 saturated carbocycles. The predicted molar refractivity (Wildman–Crippen MR) is 75.6 cm³/mol. The van der Waals surface area contributed by atoms with E-state index in [1.54, 1.807) is 12.0 Å². The van der Waals surface area contributed by atoms with Gasteiger partial charge in [0.1, 0.15) is 6.04 Å². The maximum atomic E-state index is 12.1. The van der Waals surface area contributed by atoms with Crippen LogP contribution < -0.4 is 5.32 Å². The van der Waals surface area contributed by atoms with E-state index in [1.807, 2.05) is 13.8 Å². The van der Waals surface area contributed by atoms with E-state index >= 15 is 0 Å². The lowest BCUT2D eigenvalue weighted by Gasteiger charge is -2.33. The van der Waals surface area contributed by atoms with Crippen molar-refractivity contribution in [2.75, 3.05) is 26.8 Å². The zero-order chi connectivity index (χ0) is 15.1. The number of urea groups is 1. The van der Waals surface area contributed by atoms with Crippen LogP contribution in [0.3, 0.4) is 0 Å². The Morgan fingerprint density at radius 1 is 1.40 bits per heavy atom. The number of carbonyl (C=O) groups is 2. The second-order valence-electron chi connectivity index (χ2n) is 5.54. The molecule has 2 N–H and O–H groups in total. The van der Waals surface area contributed by atoms with Gasteiger partial charge in [0.15, 0.2) is 0 Å². The van der Waals surface area contributed by atoms with Gasteiger partial charge in [0, 0.05) is 26.8 Å². The quantitative estimate of drug-likeness (QED) is 0.776. The Morgan fingerprint density at radius 2 is 2.00 bits per heavy atom. The van der Waals surface area contributed by atoms with Gasteiger partial charge in [0.25, 0.3) is 0 Å². The van der Waals surface area contributed by atoms with Gasteiger partial charge in [-0.3, -0.25) is 0 Å². The van der Waals surface area contributed by atoms with E-state index in [0.717, 1.165) is 19.4 Å². The molecule has 1 aliphatic heterocycles. The smallest absolute Gasteiger partial charge is 0.326 e. The molecule has 2 amide bonds. The van der Waals surface area contributed by atoms with Crippen LogP contribution in [0.5, 0.6) is 0 Å². The molecule has 1 unspecified atom stereocenters. The Balaban J connectivity index is 2.48. The van der Waals surface area contributed by atoms with Crippen molar-refractivity contribution in [1.82, 2.24) is 10.2 Å². The van der Waals surface area contributed by atoms with Gasteiger partial charge in [-0.1, -0.05) is 20.3 Å². The lowest BCUT2D eigenvalue weighted by Crippen LogP contribution is -2.52. The number of nitrogens with one attached hydrogen (secondary N) is 1. The summed E-state index contributed by atoms with van der Waals surface area (Å²) in [7, 11) is 1.68. The van der Waals surface area contributed by atoms with Gasteiger partial charge < -0.3 is 20.1 Å². The molecule has 0 aliphatic carbocycles. The zero-order valence-electron chi connectivity index (χ0n) is 12.6. The van der Waals surface area contributed by atoms with Gasteiger partial charge in [-0.15, -0.1) is 0 Å². The normalized spacial score (nSPS) is 19.4. The Kier molecular flexibility index (Phi) is 6.78. The molecule has 1 fully saturated rings. The van der Waals surface area contributed by atoms with Crippen molar-refractivity contribution >= 4 is 12.0 Å². The highest BCUT2D eigenvalue weighted by Crippen LogP contribution is 2.18. The van der Waals surface area contributed by atoms with Crippen LogP contribution >= 0.6 is 0 Å². The third-order valence-electron chi connectivity index (χ3n) is 4.06. The molecular formula is C14H26N2O4. The van der Waals surface area contributed by atoms with Gasteiger partial charge in [-0.2, -0.15) is 0 Å². The number of piperidine rings is 1. The first-order valence-electron chi connectivity index (χ1n) is 7.26. The molecule has 0 radical (unpaired) electrons. The van der Waals surface area contributed by atoms with Crippen LogP contribution in [0.1, 0.15) is 33.1 Å². The third kappa shape index (κ3) is 4.67. The molecule has 1 aliphatic rings. The highest BCUT2D eigenvalue weighted by Gasteiger charge is 2.29. The van der Waals surface area contributed by atoms with E-state index in [4.69, 9.17) is 4.74 Å². The summed E-state index contributed by atoms with van der Waals surface area (Å²) in [6.45, 7) is 5.80. The molecule has 1 saturated heterocycles. The first-order valence-corrected chi connectivity index (χ1v) is 7.26. The second kappa shape index (κ2) is 8.09. The van der Waals surface area contributed by atoms with E-state index < -0.39 is 12.0 Å². The Labute approximate surface area is 120 Å². The number of hydrogen-bond acceptors (Lipinski definition) is 3. The fourth-order valence-electron chi connectivity index (χ4n) is 2.45. The summed E-state index contributed by atoms with van der Waals surface area (Å²) in [5, 5.41) is 11.8. The molecule has 0 spiro atoms. The Bertz CT molecular complexity index is 327. The number of rotatable bonds is 6. The summed E-state index contributed by atoms with van der Waals surface area (Å²) in [6.07, 6.45) is 2.53. The van der Waals surface area contributed by atoms with Crippen LogP contribution in [0.15, 0.2) is 0 Å². The minimum atomic E-state index is -0.970. The Morgan fingerprint density at radius 3 is 2.45 bits per heavy atom. The largest absolute Gasteiger partial charge is 0.480 e. The molecule has 20 heavy (non-hydrogen) atoms. The summed E-state index contributed by atoms with van der Waals surface area (Å²) >= 11 is 0. The zero-order valence-corrected chi connectivity index (χ0v) is 12.6. The fourth-order valence-corrected chi connectivity index (χ4v) is 2.45. The molecule has 0 bridgehead atoms. The number of hydrogen-bond donors (Lipinski definition) is 2. The van der Waals surface area contributed by atoms with E-state index in [9.17, 15) is 14.7 Å². The van der Waals surface area contributed by atoms with Crippen LogP contribution in [0, 0.1) is 11.8 Å². The van der Waals surface area contributed by atoms with Crippen molar-refractivity contribution in [3.8, 4) is 0 Å². The van der Waals surface area contributed by atoms with Gasteiger partial charge in [-0.25, -0.2) is 9.59 Å². The van der Waals surface area contributed by atoms with E-state index in [1.165, 1.54) is 0 Å². The van der Waals surface area contributed by atoms with Gasteiger partial charge >= 0.3 is 12.0 Å². The standard InChI is InChI=1S/C14H26N2O4/c1-4-10(2)12(13(17)18)15-14(19)16-7-5-11(6-8-16)9-20-3/h10-12H,4-9H2,1-3H3,(H,15,19)(H,17,18)/t10?,12-/m0/s1. The second-order valence-corrected chi connectivity index (χ2v) is 5.54. The third-order valence-corrected chi connectivity index (χ3v) is 4.06. The highest BCUT2D eigenvalue weighted by molar-refractivity contribution is 5.82. The monoisotopic (exact) mass is 286 g/mol. The molecule has 6 heteroatoms. The number of aliphatic carboxylic acids is 1. The molecule has 0 aromatic heterocycles. The maximum absolute atomic E-state index is 12.1. The molecule has 6 nitrogen and oxygen atoms in total. The summed E-state index contributed by atoms with van der Waals surface area (Å²) in [6, 6.07) is -1.09. The fraction of sp³-hybridized carbons (Fsp3) is 0.857. The van der Waals surface area contributed by atoms with Crippen molar-refractivity contribution in [2.45, 2.75) is 39.2 Å². The first-order chi connectivity index (χ1) is 9.49. The highest BCUT2D eigenvalue weighted by atomic mass is 16.5. The van der Waals surface area contributed by atoms with Crippen LogP contribution in [-0.4, -0.2) is 54.9 Å². The molecule has 0 aromatic carbocycles. The van der Waals surface area contributed by atoms with Gasteiger partial charge in [0.05, 0.1) is 0 Å². The number of methoxy groups -OCH3 is 1. The maximum Gasteiger partial charge on any atom is 0.326 e. The van der Waals surface area contributed by atoms with Crippen molar-refractivity contribution in [2.24, 2.45) is 11.8 Å². The Hall–Kier alpha value is -1.30. The van der Waals surface area contributed by atoms with E-state index in [2.05, 4.69) is 5.32 Å². The van der Waals surface area contributed by atoms with E-state index in [0.29, 0.717) is 25.4 Å². The molecule has 1 heterocycles. The summed E-state index contributed by atoms with van der Waals surface area (Å²) in [5.74, 6) is -0.557. The molecule has 116 valence electrons. The van der Waals surface area contributed by atoms with Crippen molar-refractivity contribution < 1.29 is 19.4 Å². The number of carboxylic acid groups (broad SMARTS) is 1. The van der Waals surface area contributed by atoms with Crippen LogP contribution in [0.2, 0.25) is 0 Å². The number of nitrogens with zero attached hydrogens (tertiary/aromatic N) is 1. The number of amides is 2. The lowest BCUT2D eigenvalue weighted by atomic mass is 9.97. The summed E-state index contributed by atoms with van der Waals surface area (Å²) in [4.78, 5) is 25.0. The number of carboxylic acids is 1. The van der Waals surface area contributed by atoms with Gasteiger partial charge in [-0.05, 0) is 24.7 Å². The SMILES string of the molecule is CCC(C)[C@H](NC(=O)N1CCC(COC)CC1)C(=O)O. The van der Waals surface area contributed by atoms with Gasteiger partial charge in [0.2, 0.25) is 0 Å². The van der Waals surface area contributed by atoms with Crippen LogP contribution in [-0.2, 0) is 9.53 Å². The number of ether oxygens (including phenoxy) is 1. The average molecular weight is 286 g/mol. The lowest BCUT2D eigenvalue weighted by molar-refractivity contribution is -0.140. The predicted octanol–water partition coefficient (Wildman–Crippen LogP) is 1.55.